The maximum Gasteiger partial charge on any atom is 0.234 e. The average Bonchev–Trinajstić information content (AvgIpc) is 3.21. The van der Waals surface area contributed by atoms with Gasteiger partial charge in [0.2, 0.25) is 5.91 Å². The van der Waals surface area contributed by atoms with Crippen LogP contribution in [-0.4, -0.2) is 58.6 Å². The number of ether oxygens (including phenoxy) is 2. The molecule has 3 aromatic rings. The van der Waals surface area contributed by atoms with Crippen LogP contribution in [0.15, 0.2) is 47.6 Å². The molecule has 1 aliphatic heterocycles. The highest BCUT2D eigenvalue weighted by atomic mass is 32.2. The number of rotatable bonds is 7. The molecule has 1 amide bonds. The molecule has 0 aliphatic carbocycles. The van der Waals surface area contributed by atoms with Gasteiger partial charge in [-0.3, -0.25) is 14.3 Å². The first-order valence-electron chi connectivity index (χ1n) is 10.1. The van der Waals surface area contributed by atoms with Crippen LogP contribution in [0, 0.1) is 5.82 Å². The van der Waals surface area contributed by atoms with Gasteiger partial charge < -0.3 is 14.8 Å². The summed E-state index contributed by atoms with van der Waals surface area (Å²) < 4.78 is 26.4. The molecule has 0 unspecified atom stereocenters. The lowest BCUT2D eigenvalue weighted by molar-refractivity contribution is -0.113. The number of benzene rings is 2. The molecule has 0 spiro atoms. The lowest BCUT2D eigenvalue weighted by atomic mass is 10.2. The minimum Gasteiger partial charge on any atom is -0.486 e. The van der Waals surface area contributed by atoms with Crippen LogP contribution in [0.4, 0.5) is 10.1 Å². The summed E-state index contributed by atoms with van der Waals surface area (Å²) in [5, 5.41) is 12.1. The van der Waals surface area contributed by atoms with Crippen LogP contribution in [0.3, 0.4) is 0 Å². The van der Waals surface area contributed by atoms with E-state index in [4.69, 9.17) is 9.47 Å². The summed E-state index contributed by atoms with van der Waals surface area (Å²) in [5.41, 5.74) is 1.36. The van der Waals surface area contributed by atoms with Gasteiger partial charge in [-0.05, 0) is 57.4 Å². The average molecular weight is 458 g/mol. The maximum absolute atomic E-state index is 13.5. The molecule has 1 atom stereocenters. The highest BCUT2D eigenvalue weighted by Gasteiger charge is 2.22. The molecule has 0 bridgehead atoms. The van der Waals surface area contributed by atoms with Crippen molar-refractivity contribution < 1.29 is 18.7 Å². The summed E-state index contributed by atoms with van der Waals surface area (Å²) in [6, 6.07) is 11.4. The van der Waals surface area contributed by atoms with Crippen LogP contribution in [0.25, 0.3) is 5.69 Å². The van der Waals surface area contributed by atoms with Gasteiger partial charge in [-0.25, -0.2) is 4.39 Å². The first-order valence-corrected chi connectivity index (χ1v) is 11.1. The predicted octanol–water partition coefficient (Wildman–Crippen LogP) is 3.53. The number of nitrogens with one attached hydrogen (secondary N) is 1. The van der Waals surface area contributed by atoms with Crippen molar-refractivity contribution in [1.82, 2.24) is 19.7 Å². The van der Waals surface area contributed by atoms with Crippen molar-refractivity contribution in [3.05, 3.63) is 54.1 Å². The molecule has 1 aliphatic rings. The number of halogens is 1. The van der Waals surface area contributed by atoms with E-state index in [2.05, 4.69) is 15.5 Å². The Kier molecular flexibility index (Phi) is 6.61. The summed E-state index contributed by atoms with van der Waals surface area (Å²) in [7, 11) is 3.89. The Bertz CT molecular complexity index is 1100. The van der Waals surface area contributed by atoms with Gasteiger partial charge in [0, 0.05) is 17.4 Å². The quantitative estimate of drug-likeness (QED) is 0.544. The Morgan fingerprint density at radius 1 is 1.16 bits per heavy atom. The molecule has 1 N–H and O–H groups in total. The van der Waals surface area contributed by atoms with Crippen LogP contribution < -0.4 is 14.8 Å². The SMILES string of the molecule is C[C@@H](c1nnc(SCC(=O)Nc2ccc3c(c2)OCCO3)n1-c1ccc(F)cc1)N(C)C. The smallest absolute Gasteiger partial charge is 0.234 e. The maximum atomic E-state index is 13.5. The lowest BCUT2D eigenvalue weighted by Gasteiger charge is -2.20. The van der Waals surface area contributed by atoms with Crippen molar-refractivity contribution in [2.24, 2.45) is 0 Å². The molecule has 2 heterocycles. The van der Waals surface area contributed by atoms with Gasteiger partial charge in [0.15, 0.2) is 22.5 Å². The number of aromatic nitrogens is 3. The van der Waals surface area contributed by atoms with Gasteiger partial charge in [0.25, 0.3) is 0 Å². The molecule has 0 saturated heterocycles. The second-order valence-electron chi connectivity index (χ2n) is 7.49. The van der Waals surface area contributed by atoms with Gasteiger partial charge in [0.1, 0.15) is 19.0 Å². The first kappa shape index (κ1) is 22.1. The van der Waals surface area contributed by atoms with Crippen LogP contribution in [0.2, 0.25) is 0 Å². The number of carbonyl (C=O) groups excluding carboxylic acids is 1. The zero-order valence-corrected chi connectivity index (χ0v) is 18.9. The summed E-state index contributed by atoms with van der Waals surface area (Å²) in [5.74, 6) is 1.60. The number of carbonyl (C=O) groups is 1. The molecule has 32 heavy (non-hydrogen) atoms. The van der Waals surface area contributed by atoms with Gasteiger partial charge in [0.05, 0.1) is 11.8 Å². The Morgan fingerprint density at radius 3 is 2.59 bits per heavy atom. The molecule has 0 saturated carbocycles. The van der Waals surface area contributed by atoms with E-state index in [1.165, 1.54) is 23.9 Å². The van der Waals surface area contributed by atoms with Crippen molar-refractivity contribution in [3.63, 3.8) is 0 Å². The van der Waals surface area contributed by atoms with E-state index in [0.29, 0.717) is 41.4 Å². The number of hydrogen-bond donors (Lipinski definition) is 1. The molecule has 0 radical (unpaired) electrons. The fraction of sp³-hybridized carbons (Fsp3) is 0.318. The Labute approximate surface area is 189 Å². The molecule has 8 nitrogen and oxygen atoms in total. The van der Waals surface area contributed by atoms with Crippen molar-refractivity contribution >= 4 is 23.4 Å². The third-order valence-corrected chi connectivity index (χ3v) is 5.98. The van der Waals surface area contributed by atoms with Gasteiger partial charge in [-0.1, -0.05) is 11.8 Å². The monoisotopic (exact) mass is 457 g/mol. The normalized spacial score (nSPS) is 13.8. The minimum atomic E-state index is -0.322. The second-order valence-corrected chi connectivity index (χ2v) is 8.43. The van der Waals surface area contributed by atoms with E-state index in [0.717, 1.165) is 5.69 Å². The summed E-state index contributed by atoms with van der Waals surface area (Å²) in [6.07, 6.45) is 0. The summed E-state index contributed by atoms with van der Waals surface area (Å²) in [6.45, 7) is 3.00. The zero-order chi connectivity index (χ0) is 22.7. The molecule has 4 rings (SSSR count). The first-order chi connectivity index (χ1) is 15.4. The molecule has 1 aromatic heterocycles. The van der Waals surface area contributed by atoms with E-state index in [1.54, 1.807) is 30.3 Å². The topological polar surface area (TPSA) is 81.5 Å². The second kappa shape index (κ2) is 9.58. The van der Waals surface area contributed by atoms with Gasteiger partial charge in [-0.15, -0.1) is 10.2 Å². The molecule has 168 valence electrons. The van der Waals surface area contributed by atoms with Crippen molar-refractivity contribution in [3.8, 4) is 17.2 Å². The summed E-state index contributed by atoms with van der Waals surface area (Å²) in [4.78, 5) is 14.6. The Hall–Kier alpha value is -3.11. The standard InChI is InChI=1S/C22H24FN5O3S/c1-14(27(2)3)21-25-26-22(28(21)17-7-4-15(23)5-8-17)32-13-20(29)24-16-6-9-18-19(12-16)31-11-10-30-18/h4-9,12,14H,10-11,13H2,1-3H3,(H,24,29)/t14-/m0/s1. The Balaban J connectivity index is 1.50. The predicted molar refractivity (Wildman–Crippen MR) is 120 cm³/mol. The lowest BCUT2D eigenvalue weighted by Crippen LogP contribution is -2.21. The minimum absolute atomic E-state index is 0.0338. The van der Waals surface area contributed by atoms with E-state index >= 15 is 0 Å². The number of thioether (sulfide) groups is 1. The molecular formula is C22H24FN5O3S. The van der Waals surface area contributed by atoms with E-state index in [1.807, 2.05) is 30.5 Å². The van der Waals surface area contributed by atoms with E-state index in [-0.39, 0.29) is 23.5 Å². The molecular weight excluding hydrogens is 433 g/mol. The van der Waals surface area contributed by atoms with Crippen LogP contribution >= 0.6 is 11.8 Å². The van der Waals surface area contributed by atoms with Gasteiger partial charge in [-0.2, -0.15) is 0 Å². The molecule has 0 fully saturated rings. The zero-order valence-electron chi connectivity index (χ0n) is 18.0. The van der Waals surface area contributed by atoms with Crippen LogP contribution in [-0.2, 0) is 4.79 Å². The summed E-state index contributed by atoms with van der Waals surface area (Å²) >= 11 is 1.26. The third-order valence-electron chi connectivity index (χ3n) is 5.05. The number of nitrogens with zero attached hydrogens (tertiary/aromatic N) is 4. The molecule has 2 aromatic carbocycles. The fourth-order valence-electron chi connectivity index (χ4n) is 3.16. The number of anilines is 1. The van der Waals surface area contributed by atoms with Gasteiger partial charge >= 0.3 is 0 Å². The fourth-order valence-corrected chi connectivity index (χ4v) is 3.92. The van der Waals surface area contributed by atoms with Crippen LogP contribution in [0.5, 0.6) is 11.5 Å². The number of amides is 1. The van der Waals surface area contributed by atoms with Crippen molar-refractivity contribution in [2.75, 3.05) is 38.4 Å². The highest BCUT2D eigenvalue weighted by Crippen LogP contribution is 2.33. The largest absolute Gasteiger partial charge is 0.486 e. The third kappa shape index (κ3) is 4.86. The van der Waals surface area contributed by atoms with E-state index < -0.39 is 0 Å². The van der Waals surface area contributed by atoms with Crippen LogP contribution in [0.1, 0.15) is 18.8 Å². The van der Waals surface area contributed by atoms with E-state index in [9.17, 15) is 9.18 Å². The highest BCUT2D eigenvalue weighted by molar-refractivity contribution is 7.99. The van der Waals surface area contributed by atoms with Crippen molar-refractivity contribution in [2.45, 2.75) is 18.1 Å². The Morgan fingerprint density at radius 2 is 1.88 bits per heavy atom. The number of hydrogen-bond acceptors (Lipinski definition) is 7. The molecule has 10 heteroatoms. The van der Waals surface area contributed by atoms with Crippen molar-refractivity contribution in [1.29, 1.82) is 0 Å². The number of fused-ring (bicyclic) bond motifs is 1.